The van der Waals surface area contributed by atoms with Crippen LogP contribution >= 0.6 is 0 Å². The van der Waals surface area contributed by atoms with E-state index in [1.807, 2.05) is 19.1 Å². The van der Waals surface area contributed by atoms with Gasteiger partial charge in [-0.1, -0.05) is 6.07 Å². The molecule has 1 aromatic heterocycles. The van der Waals surface area contributed by atoms with Crippen LogP contribution in [0.3, 0.4) is 0 Å². The number of anilines is 1. The summed E-state index contributed by atoms with van der Waals surface area (Å²) in [6.07, 6.45) is 2.86. The number of sulfone groups is 1. The van der Waals surface area contributed by atoms with Crippen molar-refractivity contribution in [1.29, 1.82) is 0 Å². The highest BCUT2D eigenvalue weighted by atomic mass is 32.2. The van der Waals surface area contributed by atoms with Gasteiger partial charge in [0.15, 0.2) is 9.84 Å². The number of rotatable bonds is 4. The molecule has 7 heteroatoms. The van der Waals surface area contributed by atoms with Crippen LogP contribution in [0.1, 0.15) is 16.1 Å². The average Bonchev–Trinajstić information content (AvgIpc) is 3.01. The minimum atomic E-state index is -3.36. The molecule has 0 radical (unpaired) electrons. The molecule has 2 N–H and O–H groups in total. The maximum atomic E-state index is 12.3. The summed E-state index contributed by atoms with van der Waals surface area (Å²) in [5, 5.41) is 2.76. The van der Waals surface area contributed by atoms with Crippen LogP contribution in [0.5, 0.6) is 0 Å². The molecular formula is C18H17N3O3S. The van der Waals surface area contributed by atoms with E-state index in [9.17, 15) is 13.2 Å². The molecule has 0 aliphatic rings. The van der Waals surface area contributed by atoms with Gasteiger partial charge in [0.2, 0.25) is 0 Å². The normalized spacial score (nSPS) is 11.3. The van der Waals surface area contributed by atoms with Crippen LogP contribution in [0.4, 0.5) is 5.69 Å². The van der Waals surface area contributed by atoms with Crippen LogP contribution in [0, 0.1) is 6.92 Å². The molecule has 0 saturated carbocycles. The lowest BCUT2D eigenvalue weighted by molar-refractivity contribution is 0.102. The Kier molecular flexibility index (Phi) is 4.41. The number of carbonyl (C=O) groups excluding carboxylic acids is 1. The first-order valence-electron chi connectivity index (χ1n) is 7.56. The molecule has 0 unspecified atom stereocenters. The number of hydrogen-bond donors (Lipinski definition) is 2. The van der Waals surface area contributed by atoms with Crippen molar-refractivity contribution in [3.63, 3.8) is 0 Å². The highest BCUT2D eigenvalue weighted by Gasteiger charge is 2.12. The van der Waals surface area contributed by atoms with Crippen molar-refractivity contribution in [2.45, 2.75) is 11.8 Å². The maximum Gasteiger partial charge on any atom is 0.255 e. The molecule has 0 fully saturated rings. The van der Waals surface area contributed by atoms with Crippen LogP contribution in [0.2, 0.25) is 0 Å². The Hall–Kier alpha value is -2.93. The van der Waals surface area contributed by atoms with Gasteiger partial charge in [0.1, 0.15) is 5.82 Å². The Labute approximate surface area is 145 Å². The van der Waals surface area contributed by atoms with Gasteiger partial charge in [-0.05, 0) is 49.4 Å². The fourth-order valence-corrected chi connectivity index (χ4v) is 3.01. The first-order valence-corrected chi connectivity index (χ1v) is 9.45. The van der Waals surface area contributed by atoms with Crippen molar-refractivity contribution in [1.82, 2.24) is 9.97 Å². The van der Waals surface area contributed by atoms with Crippen LogP contribution in [0.25, 0.3) is 11.4 Å². The third-order valence-corrected chi connectivity index (χ3v) is 4.75. The largest absolute Gasteiger partial charge is 0.342 e. The minimum Gasteiger partial charge on any atom is -0.342 e. The number of benzene rings is 2. The highest BCUT2D eigenvalue weighted by molar-refractivity contribution is 7.90. The SMILES string of the molecule is Cc1cnc(-c2ccc(NC(=O)c3cccc(S(C)(=O)=O)c3)cc2)[nH]1. The summed E-state index contributed by atoms with van der Waals surface area (Å²) in [7, 11) is -3.36. The van der Waals surface area contributed by atoms with Gasteiger partial charge in [0.05, 0.1) is 4.90 Å². The second kappa shape index (κ2) is 6.52. The summed E-state index contributed by atoms with van der Waals surface area (Å²) in [5.41, 5.74) is 2.78. The van der Waals surface area contributed by atoms with Crippen molar-refractivity contribution in [3.8, 4) is 11.4 Å². The Morgan fingerprint density at radius 2 is 1.84 bits per heavy atom. The van der Waals surface area contributed by atoms with E-state index in [1.54, 1.807) is 30.5 Å². The maximum absolute atomic E-state index is 12.3. The number of carbonyl (C=O) groups is 1. The molecule has 25 heavy (non-hydrogen) atoms. The summed E-state index contributed by atoms with van der Waals surface area (Å²) < 4.78 is 23.2. The standard InChI is InChI=1S/C18H17N3O3S/c1-12-11-19-17(20-12)13-6-8-15(9-7-13)21-18(22)14-4-3-5-16(10-14)25(2,23)24/h3-11H,1-2H3,(H,19,20)(H,21,22). The number of imidazole rings is 1. The molecule has 1 heterocycles. The van der Waals surface area contributed by atoms with Crippen molar-refractivity contribution in [2.75, 3.05) is 11.6 Å². The van der Waals surface area contributed by atoms with Gasteiger partial charge in [-0.3, -0.25) is 4.79 Å². The van der Waals surface area contributed by atoms with E-state index < -0.39 is 9.84 Å². The van der Waals surface area contributed by atoms with Gasteiger partial charge in [0.25, 0.3) is 5.91 Å². The molecule has 6 nitrogen and oxygen atoms in total. The molecule has 0 saturated heterocycles. The van der Waals surface area contributed by atoms with E-state index in [0.29, 0.717) is 5.69 Å². The zero-order valence-corrected chi connectivity index (χ0v) is 14.6. The van der Waals surface area contributed by atoms with Crippen LogP contribution in [-0.4, -0.2) is 30.5 Å². The number of aromatic nitrogens is 2. The predicted octanol–water partition coefficient (Wildman–Crippen LogP) is 3.04. The van der Waals surface area contributed by atoms with Crippen LogP contribution in [0.15, 0.2) is 59.6 Å². The quantitative estimate of drug-likeness (QED) is 0.752. The lowest BCUT2D eigenvalue weighted by atomic mass is 10.1. The van der Waals surface area contributed by atoms with Gasteiger partial charge in [0, 0.05) is 35.0 Å². The lowest BCUT2D eigenvalue weighted by Gasteiger charge is -2.07. The van der Waals surface area contributed by atoms with Gasteiger partial charge < -0.3 is 10.3 Å². The van der Waals surface area contributed by atoms with E-state index in [1.165, 1.54) is 12.1 Å². The topological polar surface area (TPSA) is 91.9 Å². The summed E-state index contributed by atoms with van der Waals surface area (Å²) in [6, 6.07) is 13.2. The van der Waals surface area contributed by atoms with E-state index in [-0.39, 0.29) is 16.4 Å². The molecule has 3 rings (SSSR count). The number of hydrogen-bond acceptors (Lipinski definition) is 4. The first kappa shape index (κ1) is 16.9. The number of nitrogens with zero attached hydrogens (tertiary/aromatic N) is 1. The molecule has 0 aliphatic heterocycles. The fraction of sp³-hybridized carbons (Fsp3) is 0.111. The summed E-state index contributed by atoms with van der Waals surface area (Å²) >= 11 is 0. The zero-order chi connectivity index (χ0) is 18.0. The van der Waals surface area contributed by atoms with Crippen molar-refractivity contribution in [2.24, 2.45) is 0 Å². The number of H-pyrrole nitrogens is 1. The molecular weight excluding hydrogens is 338 g/mol. The van der Waals surface area contributed by atoms with Crippen molar-refractivity contribution in [3.05, 3.63) is 66.0 Å². The summed E-state index contributed by atoms with van der Waals surface area (Å²) in [5.74, 6) is 0.392. The highest BCUT2D eigenvalue weighted by Crippen LogP contribution is 2.19. The number of nitrogens with one attached hydrogen (secondary N) is 2. The zero-order valence-electron chi connectivity index (χ0n) is 13.8. The second-order valence-electron chi connectivity index (χ2n) is 5.75. The monoisotopic (exact) mass is 355 g/mol. The molecule has 0 atom stereocenters. The summed E-state index contributed by atoms with van der Waals surface area (Å²) in [4.78, 5) is 19.8. The van der Waals surface area contributed by atoms with Crippen LogP contribution in [-0.2, 0) is 9.84 Å². The molecule has 0 spiro atoms. The van der Waals surface area contributed by atoms with Gasteiger partial charge in [-0.25, -0.2) is 13.4 Å². The van der Waals surface area contributed by atoms with E-state index in [2.05, 4.69) is 15.3 Å². The van der Waals surface area contributed by atoms with Gasteiger partial charge >= 0.3 is 0 Å². The third-order valence-electron chi connectivity index (χ3n) is 3.64. The van der Waals surface area contributed by atoms with E-state index in [4.69, 9.17) is 0 Å². The smallest absolute Gasteiger partial charge is 0.255 e. The first-order chi connectivity index (χ1) is 11.8. The Morgan fingerprint density at radius 1 is 1.12 bits per heavy atom. The Balaban J connectivity index is 1.77. The van der Waals surface area contributed by atoms with Crippen molar-refractivity contribution >= 4 is 21.4 Å². The molecule has 128 valence electrons. The van der Waals surface area contributed by atoms with Gasteiger partial charge in [-0.15, -0.1) is 0 Å². The Bertz CT molecular complexity index is 1020. The number of amides is 1. The minimum absolute atomic E-state index is 0.115. The molecule has 1 amide bonds. The van der Waals surface area contributed by atoms with E-state index >= 15 is 0 Å². The number of aryl methyl sites for hydroxylation is 1. The molecule has 2 aromatic carbocycles. The van der Waals surface area contributed by atoms with E-state index in [0.717, 1.165) is 23.3 Å². The Morgan fingerprint density at radius 3 is 2.44 bits per heavy atom. The molecule has 3 aromatic rings. The second-order valence-corrected chi connectivity index (χ2v) is 7.76. The predicted molar refractivity (Wildman–Crippen MR) is 96.3 cm³/mol. The average molecular weight is 355 g/mol. The lowest BCUT2D eigenvalue weighted by Crippen LogP contribution is -2.12. The van der Waals surface area contributed by atoms with Crippen LogP contribution < -0.4 is 5.32 Å². The molecule has 0 aliphatic carbocycles. The van der Waals surface area contributed by atoms with Gasteiger partial charge in [-0.2, -0.15) is 0 Å². The third kappa shape index (κ3) is 3.95. The fourth-order valence-electron chi connectivity index (χ4n) is 2.34. The number of aromatic amines is 1. The molecule has 0 bridgehead atoms. The van der Waals surface area contributed by atoms with Crippen molar-refractivity contribution < 1.29 is 13.2 Å². The summed E-state index contributed by atoms with van der Waals surface area (Å²) in [6.45, 7) is 1.93.